The predicted molar refractivity (Wildman–Crippen MR) is 139 cm³/mol. The van der Waals surface area contributed by atoms with E-state index in [-0.39, 0.29) is 25.4 Å². The number of aromatic nitrogens is 3. The SMILES string of the molecule is O=C(NCc1ccc([C@H]2O[C@@H](CSc3ncn[nH]3)C[C@@H](c3ccc(CO)cc3)O2)cc1)c1c(F)c(F)c(F)c(F)c1F. The van der Waals surface area contributed by atoms with Crippen LogP contribution in [0, 0.1) is 29.1 Å². The van der Waals surface area contributed by atoms with Crippen molar-refractivity contribution in [3.8, 4) is 0 Å². The number of aromatic amines is 1. The van der Waals surface area contributed by atoms with Gasteiger partial charge in [-0.1, -0.05) is 60.3 Å². The molecule has 0 bridgehead atoms. The van der Waals surface area contributed by atoms with Crippen molar-refractivity contribution in [3.05, 3.63) is 112 Å². The Kier molecular flexibility index (Phi) is 9.16. The maximum Gasteiger partial charge on any atom is 0.257 e. The molecule has 1 saturated heterocycles. The summed E-state index contributed by atoms with van der Waals surface area (Å²) in [5.74, 6) is -12.0. The lowest BCUT2D eigenvalue weighted by Crippen LogP contribution is -2.31. The highest BCUT2D eigenvalue weighted by molar-refractivity contribution is 7.99. The Hall–Kier alpha value is -3.85. The number of rotatable bonds is 9. The Labute approximate surface area is 240 Å². The first-order valence-electron chi connectivity index (χ1n) is 12.6. The molecule has 0 aliphatic carbocycles. The summed E-state index contributed by atoms with van der Waals surface area (Å²) < 4.78 is 80.7. The molecule has 3 atom stereocenters. The highest BCUT2D eigenvalue weighted by Crippen LogP contribution is 2.39. The number of hydrogen-bond acceptors (Lipinski definition) is 7. The Morgan fingerprint density at radius 1 is 0.905 bits per heavy atom. The lowest BCUT2D eigenvalue weighted by Gasteiger charge is -2.36. The summed E-state index contributed by atoms with van der Waals surface area (Å²) in [5, 5.41) is 18.8. The third kappa shape index (κ3) is 6.46. The maximum atomic E-state index is 14.0. The number of H-pyrrole nitrogens is 1. The van der Waals surface area contributed by atoms with E-state index in [1.807, 2.05) is 24.3 Å². The number of ether oxygens (including phenoxy) is 2. The normalized spacial score (nSPS) is 18.7. The second kappa shape index (κ2) is 13.0. The predicted octanol–water partition coefficient (Wildman–Crippen LogP) is 5.26. The molecule has 220 valence electrons. The quantitative estimate of drug-likeness (QED) is 0.103. The highest BCUT2D eigenvalue weighted by Gasteiger charge is 2.33. The van der Waals surface area contributed by atoms with Crippen LogP contribution in [-0.2, 0) is 22.6 Å². The Morgan fingerprint density at radius 2 is 1.52 bits per heavy atom. The zero-order valence-corrected chi connectivity index (χ0v) is 22.4. The monoisotopic (exact) mass is 606 g/mol. The molecular formula is C28H23F5N4O4S. The van der Waals surface area contributed by atoms with Crippen molar-refractivity contribution in [3.63, 3.8) is 0 Å². The summed E-state index contributed by atoms with van der Waals surface area (Å²) in [5.41, 5.74) is 1.25. The Bertz CT molecular complexity index is 1510. The average Bonchev–Trinajstić information content (AvgIpc) is 3.55. The molecule has 0 spiro atoms. The van der Waals surface area contributed by atoms with Gasteiger partial charge >= 0.3 is 0 Å². The minimum atomic E-state index is -2.34. The second-order valence-electron chi connectivity index (χ2n) is 9.32. The van der Waals surface area contributed by atoms with E-state index in [4.69, 9.17) is 9.47 Å². The number of halogens is 5. The number of nitrogens with zero attached hydrogens (tertiary/aromatic N) is 2. The third-order valence-electron chi connectivity index (χ3n) is 6.56. The molecule has 2 heterocycles. The van der Waals surface area contributed by atoms with Gasteiger partial charge in [-0.15, -0.1) is 0 Å². The molecule has 1 aliphatic rings. The van der Waals surface area contributed by atoms with E-state index in [1.165, 1.54) is 18.1 Å². The molecule has 0 radical (unpaired) electrons. The van der Waals surface area contributed by atoms with Crippen molar-refractivity contribution < 1.29 is 41.3 Å². The molecule has 8 nitrogen and oxygen atoms in total. The van der Waals surface area contributed by atoms with E-state index >= 15 is 0 Å². The molecule has 4 aromatic rings. The fraction of sp³-hybridized carbons (Fsp3) is 0.250. The van der Waals surface area contributed by atoms with E-state index < -0.39 is 46.8 Å². The molecule has 1 amide bonds. The first-order chi connectivity index (χ1) is 20.2. The molecule has 1 aliphatic heterocycles. The van der Waals surface area contributed by atoms with Gasteiger partial charge in [-0.25, -0.2) is 26.9 Å². The molecule has 42 heavy (non-hydrogen) atoms. The van der Waals surface area contributed by atoms with Crippen LogP contribution in [0.3, 0.4) is 0 Å². The summed E-state index contributed by atoms with van der Waals surface area (Å²) in [6.45, 7) is -0.330. The van der Waals surface area contributed by atoms with E-state index in [2.05, 4.69) is 20.5 Å². The summed E-state index contributed by atoms with van der Waals surface area (Å²) in [6.07, 6.45) is 0.643. The minimum absolute atomic E-state index is 0.0810. The topological polar surface area (TPSA) is 109 Å². The van der Waals surface area contributed by atoms with Gasteiger partial charge < -0.3 is 19.9 Å². The molecule has 5 rings (SSSR count). The first-order valence-corrected chi connectivity index (χ1v) is 13.6. The van der Waals surface area contributed by atoms with Gasteiger partial charge in [0.2, 0.25) is 5.82 Å². The number of amides is 1. The van der Waals surface area contributed by atoms with Crippen molar-refractivity contribution in [1.82, 2.24) is 20.5 Å². The van der Waals surface area contributed by atoms with Crippen LogP contribution >= 0.6 is 11.8 Å². The molecule has 0 unspecified atom stereocenters. The Balaban J connectivity index is 1.28. The number of hydrogen-bond donors (Lipinski definition) is 3. The van der Waals surface area contributed by atoms with E-state index in [0.29, 0.717) is 28.5 Å². The average molecular weight is 607 g/mol. The highest BCUT2D eigenvalue weighted by atomic mass is 32.2. The summed E-state index contributed by atoms with van der Waals surface area (Å²) in [7, 11) is 0. The van der Waals surface area contributed by atoms with Crippen molar-refractivity contribution in [2.24, 2.45) is 0 Å². The van der Waals surface area contributed by atoms with Crippen LogP contribution in [0.5, 0.6) is 0 Å². The number of benzene rings is 3. The van der Waals surface area contributed by atoms with Crippen LogP contribution in [0.15, 0.2) is 60.0 Å². The van der Waals surface area contributed by atoms with E-state index in [1.54, 1.807) is 24.3 Å². The van der Waals surface area contributed by atoms with Gasteiger partial charge in [-0.2, -0.15) is 5.10 Å². The molecule has 1 fully saturated rings. The van der Waals surface area contributed by atoms with Crippen LogP contribution in [0.2, 0.25) is 0 Å². The van der Waals surface area contributed by atoms with Gasteiger partial charge in [-0.3, -0.25) is 9.89 Å². The van der Waals surface area contributed by atoms with Crippen LogP contribution in [-0.4, -0.2) is 38.1 Å². The lowest BCUT2D eigenvalue weighted by molar-refractivity contribution is -0.245. The van der Waals surface area contributed by atoms with Gasteiger partial charge in [-0.05, 0) is 16.7 Å². The maximum absolute atomic E-state index is 14.0. The van der Waals surface area contributed by atoms with Crippen molar-refractivity contribution in [2.75, 3.05) is 5.75 Å². The number of carbonyl (C=O) groups excluding carboxylic acids is 1. The van der Waals surface area contributed by atoms with E-state index in [9.17, 15) is 31.9 Å². The molecule has 14 heteroatoms. The van der Waals surface area contributed by atoms with Gasteiger partial charge in [0.1, 0.15) is 11.9 Å². The fourth-order valence-electron chi connectivity index (χ4n) is 4.33. The van der Waals surface area contributed by atoms with Crippen molar-refractivity contribution in [2.45, 2.75) is 43.2 Å². The van der Waals surface area contributed by atoms with Gasteiger partial charge in [0.15, 0.2) is 34.7 Å². The first kappa shape index (κ1) is 29.6. The van der Waals surface area contributed by atoms with Crippen LogP contribution < -0.4 is 5.32 Å². The standard InChI is InChI=1S/C28H23F5N4O4S/c29-21-20(22(30)24(32)25(33)23(21)31)26(39)34-10-14-1-7-17(8-2-14)27-40-18(12-42-28-35-13-36-37-28)9-19(41-27)16-5-3-15(11-38)4-6-16/h1-8,13,18-19,27,38H,9-12H2,(H,34,39)(H,35,36,37)/t18-,19+,27+/m1/s1. The van der Waals surface area contributed by atoms with E-state index in [0.717, 1.165) is 11.1 Å². The smallest absolute Gasteiger partial charge is 0.257 e. The molecular weight excluding hydrogens is 583 g/mol. The van der Waals surface area contributed by atoms with Crippen LogP contribution in [0.25, 0.3) is 0 Å². The number of nitrogens with one attached hydrogen (secondary N) is 2. The number of carbonyl (C=O) groups is 1. The largest absolute Gasteiger partial charge is 0.392 e. The van der Waals surface area contributed by atoms with Crippen LogP contribution in [0.4, 0.5) is 22.0 Å². The number of thioether (sulfide) groups is 1. The van der Waals surface area contributed by atoms with Crippen molar-refractivity contribution >= 4 is 17.7 Å². The summed E-state index contributed by atoms with van der Waals surface area (Å²) in [6, 6.07) is 14.0. The molecule has 0 saturated carbocycles. The number of aliphatic hydroxyl groups is 1. The summed E-state index contributed by atoms with van der Waals surface area (Å²) in [4.78, 5) is 16.4. The van der Waals surface area contributed by atoms with Gasteiger partial charge in [0.25, 0.3) is 5.91 Å². The molecule has 3 aromatic carbocycles. The zero-order valence-electron chi connectivity index (χ0n) is 21.6. The minimum Gasteiger partial charge on any atom is -0.392 e. The van der Waals surface area contributed by atoms with Crippen molar-refractivity contribution in [1.29, 1.82) is 0 Å². The van der Waals surface area contributed by atoms with Gasteiger partial charge in [0.05, 0.1) is 18.8 Å². The fourth-order valence-corrected chi connectivity index (χ4v) is 5.12. The van der Waals surface area contributed by atoms with Crippen LogP contribution in [0.1, 0.15) is 51.4 Å². The van der Waals surface area contributed by atoms with Gasteiger partial charge in [0, 0.05) is 24.3 Å². The molecule has 3 N–H and O–H groups in total. The number of aliphatic hydroxyl groups excluding tert-OH is 1. The summed E-state index contributed by atoms with van der Waals surface area (Å²) >= 11 is 1.44. The molecule has 1 aromatic heterocycles. The lowest BCUT2D eigenvalue weighted by atomic mass is 10.0. The second-order valence-corrected chi connectivity index (χ2v) is 10.3. The zero-order chi connectivity index (χ0) is 29.8. The third-order valence-corrected chi connectivity index (χ3v) is 7.56. The Morgan fingerprint density at radius 3 is 2.14 bits per heavy atom.